The molecule has 0 fully saturated rings. The number of nitrogens with zero attached hydrogens (tertiary/aromatic N) is 1. The van der Waals surface area contributed by atoms with E-state index in [0.29, 0.717) is 5.56 Å². The van der Waals surface area contributed by atoms with Crippen molar-refractivity contribution in [2.24, 2.45) is 0 Å². The Balaban J connectivity index is 0.00000201. The van der Waals surface area contributed by atoms with Crippen molar-refractivity contribution in [2.45, 2.75) is 59.8 Å². The summed E-state index contributed by atoms with van der Waals surface area (Å²) in [5, 5.41) is 7.92. The normalized spacial score (nSPS) is 12.1. The highest BCUT2D eigenvalue weighted by Gasteiger charge is 2.24. The molecule has 0 saturated heterocycles. The van der Waals surface area contributed by atoms with Crippen LogP contribution in [-0.4, -0.2) is 41.5 Å². The van der Waals surface area contributed by atoms with Crippen LogP contribution >= 0.6 is 7.60 Å². The monoisotopic (exact) mass is 576 g/mol. The zero-order valence-electron chi connectivity index (χ0n) is 24.7. The van der Waals surface area contributed by atoms with Crippen molar-refractivity contribution in [3.63, 3.8) is 0 Å². The first-order chi connectivity index (χ1) is 19.7. The molecule has 0 aliphatic heterocycles. The fraction of sp³-hybridized carbons (Fsp3) is 0.353. The van der Waals surface area contributed by atoms with E-state index in [4.69, 9.17) is 5.41 Å². The van der Waals surface area contributed by atoms with Gasteiger partial charge in [0.25, 0.3) is 0 Å². The molecule has 0 bridgehead atoms. The van der Waals surface area contributed by atoms with Gasteiger partial charge in [-0.3, -0.25) is 9.36 Å². The maximum absolute atomic E-state index is 13.4. The van der Waals surface area contributed by atoms with Crippen molar-refractivity contribution in [3.05, 3.63) is 98.9 Å². The van der Waals surface area contributed by atoms with E-state index in [9.17, 15) is 19.1 Å². The Morgan fingerprint density at radius 3 is 2.24 bits per heavy atom. The summed E-state index contributed by atoms with van der Waals surface area (Å²) in [6.07, 6.45) is 2.83. The predicted molar refractivity (Wildman–Crippen MR) is 173 cm³/mol. The molecule has 0 spiro atoms. The molecule has 1 aliphatic carbocycles. The van der Waals surface area contributed by atoms with E-state index in [1.165, 1.54) is 27.6 Å². The minimum Gasteiger partial charge on any atom is -0.372 e. The van der Waals surface area contributed by atoms with Gasteiger partial charge in [-0.25, -0.2) is 0 Å². The summed E-state index contributed by atoms with van der Waals surface area (Å²) in [5.74, 6) is -0.0933. The first kappa shape index (κ1) is 32.2. The SMILES string of the molecule is C=N.CCC(CC)=c1ccc2c(c1)Cc1cc(N(CC)CC)ccc1C=2c1ccccc1C(=O)CCCP(=O)(O)O.[HH]. The van der Waals surface area contributed by atoms with E-state index in [-0.39, 0.29) is 26.2 Å². The van der Waals surface area contributed by atoms with E-state index >= 15 is 0 Å². The molecule has 3 aromatic carbocycles. The smallest absolute Gasteiger partial charge is 0.325 e. The molecule has 3 N–H and O–H groups in total. The minimum absolute atomic E-state index is 0. The average molecular weight is 577 g/mol. The number of Topliss-reactive ketones (excluding diaryl/α,β-unsaturated/α-hetero) is 1. The second-order valence-electron chi connectivity index (χ2n) is 10.2. The van der Waals surface area contributed by atoms with Crippen LogP contribution in [-0.2, 0) is 11.0 Å². The molecular weight excluding hydrogens is 531 g/mol. The predicted octanol–water partition coefficient (Wildman–Crippen LogP) is 6.31. The van der Waals surface area contributed by atoms with Crippen LogP contribution in [0, 0.1) is 5.41 Å². The van der Waals surface area contributed by atoms with Crippen molar-refractivity contribution in [3.8, 4) is 0 Å². The summed E-state index contributed by atoms with van der Waals surface area (Å²) >= 11 is 0. The van der Waals surface area contributed by atoms with Gasteiger partial charge in [0.1, 0.15) is 0 Å². The van der Waals surface area contributed by atoms with Gasteiger partial charge in [-0.2, -0.15) is 0 Å². The molecule has 0 radical (unpaired) electrons. The number of ketones is 1. The standard InChI is InChI=1S/C33H40NO4P.CH3N.H2/c1-5-23(6-2)24-15-17-28-25(20-24)21-26-22-27(34(7-3)8-4)16-18-29(26)33(28)31-13-10-9-12-30(31)32(35)14-11-19-39(36,37)38;1-2;/h9-10,12-13,15-18,20,22H,5-8,11,14,19,21H2,1-4H3,(H2,36,37,38);2H,1H2;1H. The fourth-order valence-electron chi connectivity index (χ4n) is 5.78. The van der Waals surface area contributed by atoms with Gasteiger partial charge in [0.05, 0.1) is 6.16 Å². The van der Waals surface area contributed by atoms with Gasteiger partial charge in [0, 0.05) is 32.2 Å². The van der Waals surface area contributed by atoms with Crippen LogP contribution in [0.1, 0.15) is 87.4 Å². The Kier molecular flexibility index (Phi) is 11.4. The number of hydrogen-bond acceptors (Lipinski definition) is 4. The van der Waals surface area contributed by atoms with Crippen LogP contribution in [0.15, 0.2) is 60.7 Å². The quantitative estimate of drug-likeness (QED) is 0.110. The fourth-order valence-corrected chi connectivity index (χ4v) is 6.35. The molecule has 4 rings (SSSR count). The van der Waals surface area contributed by atoms with Crippen LogP contribution in [0.3, 0.4) is 0 Å². The molecule has 0 unspecified atom stereocenters. The molecule has 0 amide bonds. The van der Waals surface area contributed by atoms with Crippen molar-refractivity contribution >= 4 is 36.9 Å². The van der Waals surface area contributed by atoms with E-state index in [0.717, 1.165) is 54.3 Å². The Labute approximate surface area is 245 Å². The maximum atomic E-state index is 13.4. The lowest BCUT2D eigenvalue weighted by Gasteiger charge is -2.26. The molecular formula is C34H45N2O4P. The molecule has 0 saturated carbocycles. The molecule has 41 heavy (non-hydrogen) atoms. The Morgan fingerprint density at radius 1 is 0.927 bits per heavy atom. The van der Waals surface area contributed by atoms with Crippen LogP contribution in [0.5, 0.6) is 0 Å². The third-order valence-corrected chi connectivity index (χ3v) is 8.75. The molecule has 0 atom stereocenters. The molecule has 0 aromatic heterocycles. The summed E-state index contributed by atoms with van der Waals surface area (Å²) < 4.78 is 11.3. The van der Waals surface area contributed by atoms with Gasteiger partial charge in [-0.15, -0.1) is 0 Å². The first-order valence-corrected chi connectivity index (χ1v) is 16.3. The van der Waals surface area contributed by atoms with E-state index in [1.807, 2.05) is 24.3 Å². The lowest BCUT2D eigenvalue weighted by atomic mass is 9.81. The Bertz CT molecular complexity index is 1550. The lowest BCUT2D eigenvalue weighted by molar-refractivity contribution is 0.0981. The Hall–Kier alpha value is -3.31. The highest BCUT2D eigenvalue weighted by atomic mass is 31.2. The molecule has 7 heteroatoms. The summed E-state index contributed by atoms with van der Waals surface area (Å²) in [5.41, 5.74) is 8.81. The second-order valence-corrected chi connectivity index (χ2v) is 12.0. The zero-order chi connectivity index (χ0) is 30.2. The van der Waals surface area contributed by atoms with Crippen LogP contribution in [0.4, 0.5) is 5.69 Å². The van der Waals surface area contributed by atoms with Crippen LogP contribution in [0.25, 0.3) is 11.1 Å². The topological polar surface area (TPSA) is 102 Å². The van der Waals surface area contributed by atoms with E-state index < -0.39 is 7.60 Å². The number of nitrogens with one attached hydrogen (secondary N) is 1. The van der Waals surface area contributed by atoms with E-state index in [1.54, 1.807) is 0 Å². The molecule has 0 heterocycles. The Morgan fingerprint density at radius 2 is 1.61 bits per heavy atom. The lowest BCUT2D eigenvalue weighted by Crippen LogP contribution is -2.26. The first-order valence-electron chi connectivity index (χ1n) is 14.5. The number of fused-ring (bicyclic) bond motifs is 2. The molecule has 3 aromatic rings. The van der Waals surface area contributed by atoms with Crippen molar-refractivity contribution in [1.29, 1.82) is 5.41 Å². The second kappa shape index (κ2) is 14.5. The maximum Gasteiger partial charge on any atom is 0.325 e. The van der Waals surface area contributed by atoms with Crippen molar-refractivity contribution in [1.82, 2.24) is 0 Å². The number of carbonyl (C=O) groups excluding carboxylic acids is 1. The van der Waals surface area contributed by atoms with Gasteiger partial charge in [0.2, 0.25) is 0 Å². The molecule has 220 valence electrons. The van der Waals surface area contributed by atoms with Crippen molar-refractivity contribution in [2.75, 3.05) is 24.2 Å². The zero-order valence-corrected chi connectivity index (χ0v) is 25.6. The van der Waals surface area contributed by atoms with Crippen molar-refractivity contribution < 1.29 is 20.6 Å². The van der Waals surface area contributed by atoms with Crippen LogP contribution < -0.4 is 15.3 Å². The molecule has 1 aliphatic rings. The largest absolute Gasteiger partial charge is 0.372 e. The summed E-state index contributed by atoms with van der Waals surface area (Å²) in [4.78, 5) is 34.3. The van der Waals surface area contributed by atoms with Gasteiger partial charge in [0.15, 0.2) is 5.78 Å². The molecule has 6 nitrogen and oxygen atoms in total. The minimum atomic E-state index is -4.14. The number of rotatable bonds is 11. The number of hydrogen-bond donors (Lipinski definition) is 3. The third kappa shape index (κ3) is 7.51. The third-order valence-electron chi connectivity index (χ3n) is 7.85. The van der Waals surface area contributed by atoms with Gasteiger partial charge < -0.3 is 20.1 Å². The van der Waals surface area contributed by atoms with Gasteiger partial charge in [-0.1, -0.05) is 68.0 Å². The summed E-state index contributed by atoms with van der Waals surface area (Å²) in [7, 11) is -4.14. The number of benzene rings is 3. The average Bonchev–Trinajstić information content (AvgIpc) is 2.97. The van der Waals surface area contributed by atoms with Crippen LogP contribution in [0.2, 0.25) is 0 Å². The summed E-state index contributed by atoms with van der Waals surface area (Å²) in [6, 6.07) is 21.1. The van der Waals surface area contributed by atoms with Gasteiger partial charge in [-0.05, 0) is 96.6 Å². The van der Waals surface area contributed by atoms with E-state index in [2.05, 4.69) is 75.7 Å². The number of anilines is 1. The highest BCUT2D eigenvalue weighted by Crippen LogP contribution is 2.36. The highest BCUT2D eigenvalue weighted by molar-refractivity contribution is 7.51. The summed E-state index contributed by atoms with van der Waals surface area (Å²) in [6.45, 7) is 13.1. The number of carbonyl (C=O) groups is 1. The van der Waals surface area contributed by atoms with Gasteiger partial charge >= 0.3 is 7.60 Å².